The summed E-state index contributed by atoms with van der Waals surface area (Å²) in [6, 6.07) is 14.0. The number of anilines is 1. The second kappa shape index (κ2) is 15.6. The number of carbonyl (C=O) groups excluding carboxylic acids is 4. The number of ether oxygens (including phenoxy) is 2. The van der Waals surface area contributed by atoms with Crippen LogP contribution in [0.25, 0.3) is 0 Å². The van der Waals surface area contributed by atoms with Gasteiger partial charge in [0.15, 0.2) is 0 Å². The van der Waals surface area contributed by atoms with E-state index in [0.717, 1.165) is 0 Å². The number of hydrogen-bond acceptors (Lipinski definition) is 7. The van der Waals surface area contributed by atoms with Gasteiger partial charge in [0.1, 0.15) is 17.7 Å². The molecule has 3 heterocycles. The highest BCUT2D eigenvalue weighted by Gasteiger charge is 2.77. The van der Waals surface area contributed by atoms with Gasteiger partial charge in [-0.3, -0.25) is 19.2 Å². The van der Waals surface area contributed by atoms with Crippen molar-refractivity contribution in [3.8, 4) is 0 Å². The third kappa shape index (κ3) is 6.95. The monoisotopic (exact) mass is 755 g/mol. The number of halogens is 2. The fourth-order valence-electron chi connectivity index (χ4n) is 7.49. The van der Waals surface area contributed by atoms with Crippen molar-refractivity contribution in [2.75, 3.05) is 24.6 Å². The van der Waals surface area contributed by atoms with Crippen molar-refractivity contribution in [1.29, 1.82) is 0 Å². The maximum absolute atomic E-state index is 14.9. The Kier molecular flexibility index (Phi) is 11.7. The minimum absolute atomic E-state index is 0.0208. The summed E-state index contributed by atoms with van der Waals surface area (Å²) in [5.74, 6) is -4.15. The summed E-state index contributed by atoms with van der Waals surface area (Å²) in [7, 11) is 0. The number of hydrogen-bond donors (Lipinski definition) is 2. The van der Waals surface area contributed by atoms with Crippen molar-refractivity contribution in [2.45, 2.75) is 67.8 Å². The predicted octanol–water partition coefficient (Wildman–Crippen LogP) is 4.99. The minimum Gasteiger partial charge on any atom is -0.455 e. The van der Waals surface area contributed by atoms with E-state index in [1.165, 1.54) is 9.80 Å². The van der Waals surface area contributed by atoms with Gasteiger partial charge in [-0.05, 0) is 36.5 Å². The molecule has 12 heteroatoms. The van der Waals surface area contributed by atoms with Crippen LogP contribution in [0.3, 0.4) is 0 Å². The van der Waals surface area contributed by atoms with Gasteiger partial charge in [-0.25, -0.2) is 0 Å². The molecule has 0 aromatic heterocycles. The molecule has 262 valence electrons. The number of likely N-dealkylation sites (tertiary alicyclic amines) is 1. The van der Waals surface area contributed by atoms with Gasteiger partial charge in [0.2, 0.25) is 11.8 Å². The number of rotatable bonds is 15. The summed E-state index contributed by atoms with van der Waals surface area (Å²) < 4.78 is 12.8. The zero-order valence-corrected chi connectivity index (χ0v) is 30.0. The van der Waals surface area contributed by atoms with Crippen molar-refractivity contribution >= 4 is 56.9 Å². The van der Waals surface area contributed by atoms with Gasteiger partial charge in [0.25, 0.3) is 5.91 Å². The molecule has 2 N–H and O–H groups in total. The van der Waals surface area contributed by atoms with Crippen molar-refractivity contribution < 1.29 is 33.8 Å². The Labute approximate surface area is 300 Å². The smallest absolute Gasteiger partial charge is 0.313 e. The second-order valence-electron chi connectivity index (χ2n) is 13.1. The van der Waals surface area contributed by atoms with Gasteiger partial charge in [-0.15, -0.1) is 13.2 Å². The number of benzene rings is 2. The molecule has 0 saturated carbocycles. The molecule has 0 aliphatic carbocycles. The molecule has 49 heavy (non-hydrogen) atoms. The first-order chi connectivity index (χ1) is 23.5. The molecule has 2 aromatic carbocycles. The third-order valence-corrected chi connectivity index (χ3v) is 10.9. The number of para-hydroxylation sites is 1. The SMILES string of the molecule is C=CCCC(=O)NC[C@H](OC(=O)[C@@H]1[C@H]2O[C@@]3(CC2Br)[C@H](C(=O)N(CC=C)c2ccccc2Cl)N([C@@H](CO)C(C)C)C(=O)[C@@H]13)c1ccccc1. The number of nitrogens with zero attached hydrogens (tertiary/aromatic N) is 2. The fourth-order valence-corrected chi connectivity index (χ4v) is 8.67. The molecule has 8 atom stereocenters. The molecular weight excluding hydrogens is 714 g/mol. The Balaban J connectivity index is 1.53. The highest BCUT2D eigenvalue weighted by Crippen LogP contribution is 2.61. The lowest BCUT2D eigenvalue weighted by Crippen LogP contribution is -2.60. The lowest BCUT2D eigenvalue weighted by molar-refractivity contribution is -0.161. The van der Waals surface area contributed by atoms with Crippen molar-refractivity contribution in [3.05, 3.63) is 90.5 Å². The Hall–Kier alpha value is -3.51. The Morgan fingerprint density at radius 3 is 2.49 bits per heavy atom. The summed E-state index contributed by atoms with van der Waals surface area (Å²) in [5, 5.41) is 13.8. The van der Waals surface area contributed by atoms with E-state index < -0.39 is 66.1 Å². The first-order valence-corrected chi connectivity index (χ1v) is 17.8. The van der Waals surface area contributed by atoms with Crippen molar-refractivity contribution in [1.82, 2.24) is 10.2 Å². The summed E-state index contributed by atoms with van der Waals surface area (Å²) in [6.07, 6.45) is 2.63. The van der Waals surface area contributed by atoms with Gasteiger partial charge in [0, 0.05) is 17.8 Å². The molecule has 5 rings (SSSR count). The van der Waals surface area contributed by atoms with E-state index in [9.17, 15) is 24.3 Å². The molecule has 3 amide bonds. The minimum atomic E-state index is -1.40. The number of alkyl halides is 1. The number of aliphatic hydroxyl groups is 1. The lowest BCUT2D eigenvalue weighted by Gasteiger charge is -2.40. The predicted molar refractivity (Wildman–Crippen MR) is 190 cm³/mol. The molecule has 0 radical (unpaired) electrons. The summed E-state index contributed by atoms with van der Waals surface area (Å²) in [5.41, 5.74) is -0.298. The van der Waals surface area contributed by atoms with Crippen LogP contribution < -0.4 is 10.2 Å². The highest BCUT2D eigenvalue weighted by molar-refractivity contribution is 9.09. The molecule has 1 unspecified atom stereocenters. The number of aliphatic hydroxyl groups excluding tert-OH is 1. The van der Waals surface area contributed by atoms with Gasteiger partial charge < -0.3 is 29.7 Å². The van der Waals surface area contributed by atoms with E-state index >= 15 is 0 Å². The summed E-state index contributed by atoms with van der Waals surface area (Å²) in [4.78, 5) is 58.9. The summed E-state index contributed by atoms with van der Waals surface area (Å²) in [6.45, 7) is 10.9. The average molecular weight is 757 g/mol. The van der Waals surface area contributed by atoms with E-state index in [0.29, 0.717) is 22.7 Å². The molecular formula is C37H43BrClN3O7. The zero-order valence-electron chi connectivity index (χ0n) is 27.7. The average Bonchev–Trinajstić information content (AvgIpc) is 3.68. The summed E-state index contributed by atoms with van der Waals surface area (Å²) >= 11 is 10.3. The Bertz CT molecular complexity index is 1570. The molecule has 10 nitrogen and oxygen atoms in total. The zero-order chi connectivity index (χ0) is 35.5. The van der Waals surface area contributed by atoms with Crippen LogP contribution in [0.15, 0.2) is 79.9 Å². The molecule has 2 bridgehead atoms. The van der Waals surface area contributed by atoms with Crippen LogP contribution in [-0.4, -0.2) is 82.0 Å². The molecule has 2 aromatic rings. The van der Waals surface area contributed by atoms with Crippen LogP contribution in [-0.2, 0) is 28.7 Å². The van der Waals surface area contributed by atoms with Crippen LogP contribution in [0, 0.1) is 17.8 Å². The second-order valence-corrected chi connectivity index (χ2v) is 14.6. The van der Waals surface area contributed by atoms with Crippen molar-refractivity contribution in [2.24, 2.45) is 17.8 Å². The van der Waals surface area contributed by atoms with Crippen LogP contribution in [0.5, 0.6) is 0 Å². The van der Waals surface area contributed by atoms with Crippen LogP contribution in [0.1, 0.15) is 44.8 Å². The topological polar surface area (TPSA) is 125 Å². The maximum Gasteiger partial charge on any atom is 0.313 e. The number of esters is 1. The normalized spacial score (nSPS) is 26.6. The largest absolute Gasteiger partial charge is 0.455 e. The van der Waals surface area contributed by atoms with E-state index in [1.807, 2.05) is 32.0 Å². The molecule has 3 saturated heterocycles. The van der Waals surface area contributed by atoms with Gasteiger partial charge in [0.05, 0.1) is 47.8 Å². The number of amides is 3. The van der Waals surface area contributed by atoms with E-state index in [2.05, 4.69) is 34.4 Å². The Morgan fingerprint density at radius 2 is 1.86 bits per heavy atom. The van der Waals surface area contributed by atoms with Crippen molar-refractivity contribution in [3.63, 3.8) is 0 Å². The van der Waals surface area contributed by atoms with Crippen LogP contribution in [0.4, 0.5) is 5.69 Å². The van der Waals surface area contributed by atoms with E-state index in [4.69, 9.17) is 21.1 Å². The van der Waals surface area contributed by atoms with Gasteiger partial charge in [-0.1, -0.05) is 96.0 Å². The molecule has 1 spiro atoms. The van der Waals surface area contributed by atoms with E-state index in [1.54, 1.807) is 48.6 Å². The number of allylic oxidation sites excluding steroid dienone is 1. The third-order valence-electron chi connectivity index (χ3n) is 9.76. The maximum atomic E-state index is 14.9. The number of carbonyl (C=O) groups is 4. The lowest BCUT2D eigenvalue weighted by atomic mass is 9.70. The first kappa shape index (κ1) is 36.8. The highest BCUT2D eigenvalue weighted by atomic mass is 79.9. The van der Waals surface area contributed by atoms with Crippen LogP contribution >= 0.6 is 27.5 Å². The fraction of sp³-hybridized carbons (Fsp3) is 0.459. The molecule has 3 aliphatic heterocycles. The van der Waals surface area contributed by atoms with E-state index in [-0.39, 0.29) is 42.6 Å². The van der Waals surface area contributed by atoms with Gasteiger partial charge >= 0.3 is 5.97 Å². The number of nitrogens with one attached hydrogen (secondary N) is 1. The van der Waals surface area contributed by atoms with Crippen LogP contribution in [0.2, 0.25) is 5.02 Å². The number of fused-ring (bicyclic) bond motifs is 1. The molecule has 3 aliphatic rings. The first-order valence-electron chi connectivity index (χ1n) is 16.5. The molecule has 3 fully saturated rings. The Morgan fingerprint density at radius 1 is 1.16 bits per heavy atom. The standard InChI is InChI=1S/C37H43BrClN3O7/c1-5-7-17-29(44)40-20-28(23-13-9-8-10-14-23)48-36(47)30-31-34(45)42(27(21-43)22(3)4)33(37(31)19-24(38)32(30)49-37)35(46)41(18-6-2)26-16-12-11-15-25(26)39/h5-6,8-16,22,24,27-28,30-33,43H,1-2,7,17-21H2,3-4H3,(H,40,44)/t24?,27-,28-,30-,31+,32-,33-,37+/m0/s1. The van der Waals surface area contributed by atoms with Gasteiger partial charge in [-0.2, -0.15) is 0 Å². The quantitative estimate of drug-likeness (QED) is 0.149.